The second-order valence-electron chi connectivity index (χ2n) is 16.8. The van der Waals surface area contributed by atoms with E-state index >= 15 is 0 Å². The normalized spacial score (nSPS) is 19.0. The van der Waals surface area contributed by atoms with Crippen molar-refractivity contribution in [3.63, 3.8) is 0 Å². The molecule has 3 aliphatic carbocycles. The molecule has 8 aromatic rings. The van der Waals surface area contributed by atoms with Gasteiger partial charge in [-0.25, -0.2) is 0 Å². The molecule has 0 radical (unpaired) electrons. The Labute approximate surface area is 350 Å². The van der Waals surface area contributed by atoms with Gasteiger partial charge in [0, 0.05) is 23.2 Å². The molecule has 2 heterocycles. The zero-order valence-electron chi connectivity index (χ0n) is 33.5. The Bertz CT molecular complexity index is 2790. The van der Waals surface area contributed by atoms with Crippen LogP contribution in [0, 0.1) is 0 Å². The van der Waals surface area contributed by atoms with Gasteiger partial charge in [0.2, 0.25) is 0 Å². The van der Waals surface area contributed by atoms with E-state index in [0.717, 1.165) is 19.3 Å². The van der Waals surface area contributed by atoms with Crippen molar-refractivity contribution in [3.8, 4) is 33.4 Å². The zero-order valence-corrected chi connectivity index (χ0v) is 35.1. The first kappa shape index (κ1) is 35.5. The lowest BCUT2D eigenvalue weighted by Gasteiger charge is -2.52. The summed E-state index contributed by atoms with van der Waals surface area (Å²) in [6.07, 6.45) is 3.06. The molecule has 3 aliphatic rings. The Morgan fingerprint density at radius 2 is 0.948 bits per heavy atom. The van der Waals surface area contributed by atoms with Crippen LogP contribution in [0.5, 0.6) is 0 Å². The van der Waals surface area contributed by atoms with Crippen LogP contribution in [0.4, 0.5) is 21.4 Å². The Morgan fingerprint density at radius 3 is 1.47 bits per heavy atom. The van der Waals surface area contributed by atoms with E-state index in [0.29, 0.717) is 0 Å². The molecule has 58 heavy (non-hydrogen) atoms. The smallest absolute Gasteiger partial charge is 0.0967 e. The summed E-state index contributed by atoms with van der Waals surface area (Å²) in [6.45, 7) is 9.66. The Kier molecular flexibility index (Phi) is 8.06. The van der Waals surface area contributed by atoms with Gasteiger partial charge in [0.1, 0.15) is 0 Å². The number of rotatable bonds is 10. The highest BCUT2D eigenvalue weighted by Crippen LogP contribution is 2.64. The molecule has 0 aliphatic heterocycles. The van der Waals surface area contributed by atoms with Crippen molar-refractivity contribution in [1.82, 2.24) is 0 Å². The standard InChI is InChI=1S/C54H46N2S2/c1-5-53(55(50-19-13-29-57-50)41-25-21-38(22-26-41)36-15-9-7-10-16-36)35-40-31-43-44-32-48-49(34-47(44)52(3,4)46(43)33-45(40)53)54(48,6-2)56(51-20-14-30-58-51)42-27-23-39(24-28-42)37-17-11-8-12-18-37/h7-34H,5-6,35H2,1-4H3. The largest absolute Gasteiger partial charge is 0.323 e. The van der Waals surface area contributed by atoms with E-state index in [-0.39, 0.29) is 16.5 Å². The highest BCUT2D eigenvalue weighted by Gasteiger charge is 2.57. The highest BCUT2D eigenvalue weighted by molar-refractivity contribution is 7.14. The number of thiophene rings is 2. The SMILES string of the molecule is CCC1(N(c2ccc(-c3ccccc3)cc2)c2cccs2)Cc2cc3c(cc21)C(C)(C)c1cc2c(cc1-3)C2(CC)N(c1ccc(-c2ccccc2)cc1)c1cccs1. The maximum atomic E-state index is 2.65. The fourth-order valence-electron chi connectivity index (χ4n) is 10.6. The number of benzene rings is 6. The van der Waals surface area contributed by atoms with Crippen LogP contribution in [0.3, 0.4) is 0 Å². The van der Waals surface area contributed by atoms with Crippen LogP contribution in [0.1, 0.15) is 73.9 Å². The number of hydrogen-bond acceptors (Lipinski definition) is 4. The molecule has 0 spiro atoms. The Morgan fingerprint density at radius 1 is 0.466 bits per heavy atom. The quantitative estimate of drug-likeness (QED) is 0.136. The van der Waals surface area contributed by atoms with Crippen molar-refractivity contribution in [1.29, 1.82) is 0 Å². The summed E-state index contributed by atoms with van der Waals surface area (Å²) in [4.78, 5) is 5.27. The van der Waals surface area contributed by atoms with Crippen LogP contribution >= 0.6 is 22.7 Å². The third kappa shape index (κ3) is 5.07. The van der Waals surface area contributed by atoms with E-state index in [9.17, 15) is 0 Å². The average molecular weight is 787 g/mol. The number of fused-ring (bicyclic) bond motifs is 5. The van der Waals surface area contributed by atoms with Gasteiger partial charge in [0.15, 0.2) is 0 Å². The summed E-state index contributed by atoms with van der Waals surface area (Å²) in [5, 5.41) is 7.01. The topological polar surface area (TPSA) is 6.48 Å². The minimum Gasteiger partial charge on any atom is -0.323 e. The molecule has 2 nitrogen and oxygen atoms in total. The molecule has 4 heteroatoms. The Balaban J connectivity index is 0.977. The average Bonchev–Trinajstić information content (AvgIpc) is 3.74. The maximum Gasteiger partial charge on any atom is 0.0967 e. The predicted octanol–water partition coefficient (Wildman–Crippen LogP) is 15.3. The van der Waals surface area contributed by atoms with Crippen molar-refractivity contribution in [2.45, 2.75) is 63.5 Å². The summed E-state index contributed by atoms with van der Waals surface area (Å²) in [6, 6.07) is 59.2. The first-order valence-electron chi connectivity index (χ1n) is 20.7. The molecular weight excluding hydrogens is 741 g/mol. The van der Waals surface area contributed by atoms with Crippen LogP contribution in [-0.2, 0) is 22.9 Å². The lowest BCUT2D eigenvalue weighted by Crippen LogP contribution is -2.51. The van der Waals surface area contributed by atoms with Crippen LogP contribution in [-0.4, -0.2) is 0 Å². The molecular formula is C54H46N2S2. The van der Waals surface area contributed by atoms with Gasteiger partial charge in [-0.2, -0.15) is 0 Å². The second kappa shape index (κ2) is 13.2. The number of anilines is 4. The maximum absolute atomic E-state index is 2.65. The second-order valence-corrected chi connectivity index (χ2v) is 18.7. The van der Waals surface area contributed by atoms with E-state index in [2.05, 4.69) is 206 Å². The van der Waals surface area contributed by atoms with Gasteiger partial charge in [-0.15, -0.1) is 22.7 Å². The van der Waals surface area contributed by atoms with Crippen molar-refractivity contribution in [3.05, 3.63) is 202 Å². The first-order valence-corrected chi connectivity index (χ1v) is 22.5. The monoisotopic (exact) mass is 786 g/mol. The van der Waals surface area contributed by atoms with Crippen molar-refractivity contribution in [2.24, 2.45) is 0 Å². The molecule has 2 atom stereocenters. The molecule has 0 amide bonds. The van der Waals surface area contributed by atoms with E-state index in [4.69, 9.17) is 0 Å². The fraction of sp³-hybridized carbons (Fsp3) is 0.185. The molecule has 0 saturated carbocycles. The van der Waals surface area contributed by atoms with Gasteiger partial charge < -0.3 is 9.80 Å². The number of hydrogen-bond donors (Lipinski definition) is 0. The number of nitrogens with zero attached hydrogens (tertiary/aromatic N) is 2. The summed E-state index contributed by atoms with van der Waals surface area (Å²) < 4.78 is 0. The van der Waals surface area contributed by atoms with E-state index in [1.807, 2.05) is 22.7 Å². The lowest BCUT2D eigenvalue weighted by molar-refractivity contribution is 0.364. The Hall–Kier alpha value is -5.68. The van der Waals surface area contributed by atoms with Crippen molar-refractivity contribution in [2.75, 3.05) is 9.80 Å². The summed E-state index contributed by atoms with van der Waals surface area (Å²) in [5.74, 6) is 0. The molecule has 6 aromatic carbocycles. The minimum absolute atomic E-state index is 0.115. The van der Waals surface area contributed by atoms with Crippen molar-refractivity contribution < 1.29 is 0 Å². The molecule has 2 unspecified atom stereocenters. The van der Waals surface area contributed by atoms with Crippen LogP contribution < -0.4 is 9.80 Å². The van der Waals surface area contributed by atoms with Gasteiger partial charge in [0.25, 0.3) is 0 Å². The summed E-state index contributed by atoms with van der Waals surface area (Å²) >= 11 is 3.67. The molecule has 0 N–H and O–H groups in total. The van der Waals surface area contributed by atoms with Crippen molar-refractivity contribution >= 4 is 44.1 Å². The van der Waals surface area contributed by atoms with Gasteiger partial charge >= 0.3 is 0 Å². The van der Waals surface area contributed by atoms with Gasteiger partial charge in [-0.3, -0.25) is 0 Å². The minimum atomic E-state index is -0.172. The third-order valence-electron chi connectivity index (χ3n) is 13.7. The van der Waals surface area contributed by atoms with Crippen LogP contribution in [0.15, 0.2) is 168 Å². The summed E-state index contributed by atoms with van der Waals surface area (Å²) in [5.41, 5.74) is 18.7. The van der Waals surface area contributed by atoms with Crippen LogP contribution in [0.25, 0.3) is 33.4 Å². The van der Waals surface area contributed by atoms with Gasteiger partial charge in [-0.05, 0) is 145 Å². The molecule has 284 valence electrons. The fourth-order valence-corrected chi connectivity index (χ4v) is 12.2. The first-order chi connectivity index (χ1) is 28.4. The zero-order chi connectivity index (χ0) is 39.2. The molecule has 2 aromatic heterocycles. The highest BCUT2D eigenvalue weighted by atomic mass is 32.1. The van der Waals surface area contributed by atoms with E-state index in [1.165, 1.54) is 88.1 Å². The molecule has 0 bridgehead atoms. The molecule has 0 saturated heterocycles. The van der Waals surface area contributed by atoms with E-state index < -0.39 is 0 Å². The lowest BCUT2D eigenvalue weighted by atomic mass is 9.65. The molecule has 0 fully saturated rings. The van der Waals surface area contributed by atoms with Gasteiger partial charge in [-0.1, -0.05) is 131 Å². The van der Waals surface area contributed by atoms with E-state index in [1.54, 1.807) is 0 Å². The summed E-state index contributed by atoms with van der Waals surface area (Å²) in [7, 11) is 0. The third-order valence-corrected chi connectivity index (χ3v) is 15.4. The van der Waals surface area contributed by atoms with Crippen LogP contribution in [0.2, 0.25) is 0 Å². The van der Waals surface area contributed by atoms with Gasteiger partial charge in [0.05, 0.1) is 21.1 Å². The molecule has 11 rings (SSSR count). The predicted molar refractivity (Wildman–Crippen MR) is 247 cm³/mol.